The molecule has 0 aliphatic carbocycles. The van der Waals surface area contributed by atoms with Crippen LogP contribution in [0.25, 0.3) is 0 Å². The molecule has 120 valence electrons. The van der Waals surface area contributed by atoms with E-state index in [1.54, 1.807) is 12.4 Å². The van der Waals surface area contributed by atoms with Gasteiger partial charge in [-0.1, -0.05) is 36.4 Å². The Hall–Kier alpha value is -3.28. The molecule has 3 aromatic rings. The van der Waals surface area contributed by atoms with Crippen molar-refractivity contribution in [1.82, 2.24) is 20.3 Å². The van der Waals surface area contributed by atoms with E-state index in [-0.39, 0.29) is 11.6 Å². The summed E-state index contributed by atoms with van der Waals surface area (Å²) in [5.41, 5.74) is 2.23. The number of hydrogen-bond donors (Lipinski definition) is 2. The third-order valence-corrected chi connectivity index (χ3v) is 3.36. The van der Waals surface area contributed by atoms with E-state index in [2.05, 4.69) is 25.6 Å². The highest BCUT2D eigenvalue weighted by atomic mass is 16.1. The maximum Gasteiger partial charge on any atom is 0.271 e. The number of carbonyl (C=O) groups is 1. The van der Waals surface area contributed by atoms with Crippen LogP contribution in [0.2, 0.25) is 0 Å². The van der Waals surface area contributed by atoms with Crippen molar-refractivity contribution in [3.63, 3.8) is 0 Å². The number of aromatic nitrogens is 3. The first kappa shape index (κ1) is 15.6. The summed E-state index contributed by atoms with van der Waals surface area (Å²) in [6.07, 6.45) is 4.74. The minimum Gasteiger partial charge on any atom is -0.363 e. The van der Waals surface area contributed by atoms with Gasteiger partial charge in [0.1, 0.15) is 11.5 Å². The molecule has 0 aliphatic heterocycles. The lowest BCUT2D eigenvalue weighted by Crippen LogP contribution is -2.24. The second kappa shape index (κ2) is 7.82. The number of nitrogens with zero attached hydrogens (tertiary/aromatic N) is 3. The Kier molecular flexibility index (Phi) is 5.09. The van der Waals surface area contributed by atoms with E-state index >= 15 is 0 Å². The van der Waals surface area contributed by atoms with Gasteiger partial charge in [-0.2, -0.15) is 0 Å². The van der Waals surface area contributed by atoms with Crippen LogP contribution in [0.5, 0.6) is 0 Å². The Labute approximate surface area is 140 Å². The number of pyridine rings is 1. The van der Waals surface area contributed by atoms with Gasteiger partial charge in [0.25, 0.3) is 5.91 Å². The fourth-order valence-corrected chi connectivity index (χ4v) is 2.09. The van der Waals surface area contributed by atoms with Crippen LogP contribution < -0.4 is 10.6 Å². The zero-order chi connectivity index (χ0) is 16.6. The molecule has 1 amide bonds. The van der Waals surface area contributed by atoms with E-state index in [1.807, 2.05) is 48.5 Å². The van der Waals surface area contributed by atoms with Crippen molar-refractivity contribution in [1.29, 1.82) is 0 Å². The molecule has 2 N–H and O–H groups in total. The molecule has 2 heterocycles. The number of amides is 1. The third-order valence-electron chi connectivity index (χ3n) is 3.36. The molecule has 0 spiro atoms. The number of carbonyl (C=O) groups excluding carboxylic acids is 1. The Morgan fingerprint density at radius 2 is 1.71 bits per heavy atom. The van der Waals surface area contributed by atoms with E-state index < -0.39 is 0 Å². The van der Waals surface area contributed by atoms with Gasteiger partial charge in [-0.15, -0.1) is 0 Å². The second-order valence-corrected chi connectivity index (χ2v) is 5.13. The van der Waals surface area contributed by atoms with Crippen LogP contribution in [-0.4, -0.2) is 20.9 Å². The normalized spacial score (nSPS) is 10.2. The van der Waals surface area contributed by atoms with Crippen molar-refractivity contribution >= 4 is 11.7 Å². The largest absolute Gasteiger partial charge is 0.363 e. The summed E-state index contributed by atoms with van der Waals surface area (Å²) in [4.78, 5) is 24.6. The van der Waals surface area contributed by atoms with Gasteiger partial charge in [0.2, 0.25) is 0 Å². The lowest BCUT2D eigenvalue weighted by Gasteiger charge is -2.07. The highest BCUT2D eigenvalue weighted by molar-refractivity contribution is 5.91. The Morgan fingerprint density at radius 3 is 2.42 bits per heavy atom. The molecule has 0 saturated heterocycles. The van der Waals surface area contributed by atoms with Gasteiger partial charge in [-0.05, 0) is 17.7 Å². The molecule has 2 aromatic heterocycles. The highest BCUT2D eigenvalue weighted by Crippen LogP contribution is 2.04. The molecule has 1 aromatic carbocycles. The Morgan fingerprint density at radius 1 is 0.875 bits per heavy atom. The Balaban J connectivity index is 1.53. The molecular formula is C18H17N5O. The molecule has 3 rings (SSSR count). The van der Waals surface area contributed by atoms with Gasteiger partial charge < -0.3 is 10.6 Å². The van der Waals surface area contributed by atoms with Crippen molar-refractivity contribution in [2.75, 3.05) is 5.32 Å². The summed E-state index contributed by atoms with van der Waals surface area (Å²) in [6.45, 7) is 1.01. The van der Waals surface area contributed by atoms with Gasteiger partial charge in [0.05, 0.1) is 24.6 Å². The maximum absolute atomic E-state index is 12.1. The third kappa shape index (κ3) is 4.36. The summed E-state index contributed by atoms with van der Waals surface area (Å²) < 4.78 is 0. The molecule has 24 heavy (non-hydrogen) atoms. The molecule has 0 bridgehead atoms. The predicted octanol–water partition coefficient (Wildman–Crippen LogP) is 2.41. The first-order chi connectivity index (χ1) is 11.8. The minimum absolute atomic E-state index is 0.248. The lowest BCUT2D eigenvalue weighted by molar-refractivity contribution is 0.0945. The van der Waals surface area contributed by atoms with E-state index in [4.69, 9.17) is 0 Å². The fourth-order valence-electron chi connectivity index (χ4n) is 2.09. The molecular weight excluding hydrogens is 302 g/mol. The van der Waals surface area contributed by atoms with Gasteiger partial charge in [0, 0.05) is 12.7 Å². The molecule has 0 fully saturated rings. The second-order valence-electron chi connectivity index (χ2n) is 5.13. The number of hydrogen-bond acceptors (Lipinski definition) is 5. The Bertz CT molecular complexity index is 776. The smallest absolute Gasteiger partial charge is 0.271 e. The van der Waals surface area contributed by atoms with Crippen LogP contribution >= 0.6 is 0 Å². The van der Waals surface area contributed by atoms with Crippen molar-refractivity contribution < 1.29 is 4.79 Å². The molecule has 0 radical (unpaired) electrons. The van der Waals surface area contributed by atoms with E-state index in [0.29, 0.717) is 18.9 Å². The molecule has 0 atom stereocenters. The van der Waals surface area contributed by atoms with Crippen LogP contribution in [-0.2, 0) is 13.1 Å². The predicted molar refractivity (Wildman–Crippen MR) is 91.2 cm³/mol. The highest BCUT2D eigenvalue weighted by Gasteiger charge is 2.07. The molecule has 0 unspecified atom stereocenters. The van der Waals surface area contributed by atoms with E-state index in [0.717, 1.165) is 11.3 Å². The summed E-state index contributed by atoms with van der Waals surface area (Å²) in [6, 6.07) is 15.4. The van der Waals surface area contributed by atoms with Crippen LogP contribution in [0.4, 0.5) is 5.82 Å². The van der Waals surface area contributed by atoms with Crippen LogP contribution in [0.3, 0.4) is 0 Å². The molecule has 0 aliphatic rings. The zero-order valence-corrected chi connectivity index (χ0v) is 13.0. The quantitative estimate of drug-likeness (QED) is 0.729. The van der Waals surface area contributed by atoms with Gasteiger partial charge in [0.15, 0.2) is 0 Å². The van der Waals surface area contributed by atoms with Crippen molar-refractivity contribution in [3.8, 4) is 0 Å². The van der Waals surface area contributed by atoms with Crippen LogP contribution in [0, 0.1) is 0 Å². The topological polar surface area (TPSA) is 79.8 Å². The first-order valence-corrected chi connectivity index (χ1v) is 7.59. The monoisotopic (exact) mass is 319 g/mol. The summed E-state index contributed by atoms with van der Waals surface area (Å²) in [5, 5.41) is 5.94. The average Bonchev–Trinajstić information content (AvgIpc) is 2.66. The standard InChI is InChI=1S/C18H17N5O/c24-18(23-10-14-6-2-1-3-7-14)16-12-22-17(13-20-16)21-11-15-8-4-5-9-19-15/h1-9,12-13H,10-11H2,(H,21,22)(H,23,24). The van der Waals surface area contributed by atoms with Gasteiger partial charge in [-0.3, -0.25) is 9.78 Å². The number of anilines is 1. The number of benzene rings is 1. The van der Waals surface area contributed by atoms with Gasteiger partial charge >= 0.3 is 0 Å². The minimum atomic E-state index is -0.248. The van der Waals surface area contributed by atoms with Crippen LogP contribution in [0.15, 0.2) is 67.1 Å². The van der Waals surface area contributed by atoms with Crippen molar-refractivity contribution in [2.24, 2.45) is 0 Å². The van der Waals surface area contributed by atoms with Crippen molar-refractivity contribution in [2.45, 2.75) is 13.1 Å². The molecule has 0 saturated carbocycles. The summed E-state index contributed by atoms with van der Waals surface area (Å²) in [7, 11) is 0. The molecule has 6 heteroatoms. The number of rotatable bonds is 6. The summed E-state index contributed by atoms with van der Waals surface area (Å²) in [5.74, 6) is 0.350. The van der Waals surface area contributed by atoms with Crippen LogP contribution in [0.1, 0.15) is 21.7 Å². The fraction of sp³-hybridized carbons (Fsp3) is 0.111. The van der Waals surface area contributed by atoms with E-state index in [9.17, 15) is 4.79 Å². The number of nitrogens with one attached hydrogen (secondary N) is 2. The SMILES string of the molecule is O=C(NCc1ccccc1)c1cnc(NCc2ccccn2)cn1. The van der Waals surface area contributed by atoms with Crippen molar-refractivity contribution in [3.05, 3.63) is 84.1 Å². The lowest BCUT2D eigenvalue weighted by atomic mass is 10.2. The maximum atomic E-state index is 12.1. The molecule has 6 nitrogen and oxygen atoms in total. The zero-order valence-electron chi connectivity index (χ0n) is 13.0. The average molecular weight is 319 g/mol. The summed E-state index contributed by atoms with van der Waals surface area (Å²) >= 11 is 0. The van der Waals surface area contributed by atoms with Gasteiger partial charge in [-0.25, -0.2) is 9.97 Å². The first-order valence-electron chi connectivity index (χ1n) is 7.59. The van der Waals surface area contributed by atoms with E-state index in [1.165, 1.54) is 6.20 Å².